The summed E-state index contributed by atoms with van der Waals surface area (Å²) in [5.74, 6) is 2.47. The van der Waals surface area contributed by atoms with E-state index in [0.717, 1.165) is 31.5 Å². The molecule has 0 aromatic carbocycles. The van der Waals surface area contributed by atoms with E-state index in [2.05, 4.69) is 13.8 Å². The molecule has 0 N–H and O–H groups in total. The van der Waals surface area contributed by atoms with E-state index < -0.39 is 0 Å². The van der Waals surface area contributed by atoms with E-state index in [1.807, 2.05) is 0 Å². The highest BCUT2D eigenvalue weighted by molar-refractivity contribution is 4.71. The highest BCUT2D eigenvalue weighted by Crippen LogP contribution is 2.32. The summed E-state index contributed by atoms with van der Waals surface area (Å²) in [6, 6.07) is 0. The second kappa shape index (κ2) is 6.02. The Balaban J connectivity index is 1.60. The molecule has 1 aliphatic heterocycles. The summed E-state index contributed by atoms with van der Waals surface area (Å²) in [5.41, 5.74) is 0. The molecule has 1 saturated carbocycles. The molecule has 2 rings (SSSR count). The zero-order valence-electron chi connectivity index (χ0n) is 10.8. The van der Waals surface area contributed by atoms with Gasteiger partial charge in [-0.1, -0.05) is 39.5 Å². The Morgan fingerprint density at radius 2 is 1.44 bits per heavy atom. The normalized spacial score (nSPS) is 40.9. The van der Waals surface area contributed by atoms with Gasteiger partial charge in [0.05, 0.1) is 13.2 Å². The average molecular weight is 226 g/mol. The van der Waals surface area contributed by atoms with Gasteiger partial charge in [-0.25, -0.2) is 0 Å². The van der Waals surface area contributed by atoms with E-state index in [1.54, 1.807) is 0 Å². The molecule has 0 aromatic heterocycles. The van der Waals surface area contributed by atoms with Crippen LogP contribution in [0.4, 0.5) is 0 Å². The summed E-state index contributed by atoms with van der Waals surface area (Å²) >= 11 is 0. The van der Waals surface area contributed by atoms with E-state index in [1.165, 1.54) is 32.1 Å². The molecule has 0 atom stereocenters. The van der Waals surface area contributed by atoms with Gasteiger partial charge in [-0.3, -0.25) is 0 Å². The van der Waals surface area contributed by atoms with Gasteiger partial charge >= 0.3 is 0 Å². The maximum Gasteiger partial charge on any atom is 0.157 e. The Hall–Kier alpha value is -0.0800. The van der Waals surface area contributed by atoms with Crippen LogP contribution in [-0.4, -0.2) is 19.5 Å². The standard InChI is InChI=1S/C14H26O2/c1-11-3-5-13(6-4-11)7-8-14-15-9-12(2)10-16-14/h11-14H,3-10H2,1-2H3. The maximum atomic E-state index is 5.68. The number of rotatable bonds is 3. The van der Waals surface area contributed by atoms with E-state index in [-0.39, 0.29) is 6.29 Å². The first-order valence-corrected chi connectivity index (χ1v) is 6.97. The minimum absolute atomic E-state index is 0.0931. The largest absolute Gasteiger partial charge is 0.352 e. The quantitative estimate of drug-likeness (QED) is 0.732. The summed E-state index contributed by atoms with van der Waals surface area (Å²) in [4.78, 5) is 0. The van der Waals surface area contributed by atoms with Gasteiger partial charge in [0.15, 0.2) is 6.29 Å². The van der Waals surface area contributed by atoms with Gasteiger partial charge in [0, 0.05) is 5.92 Å². The zero-order chi connectivity index (χ0) is 11.4. The van der Waals surface area contributed by atoms with Crippen LogP contribution in [0, 0.1) is 17.8 Å². The Bertz CT molecular complexity index is 167. The fourth-order valence-electron chi connectivity index (χ4n) is 2.80. The Morgan fingerprint density at radius 3 is 2.06 bits per heavy atom. The van der Waals surface area contributed by atoms with E-state index in [9.17, 15) is 0 Å². The summed E-state index contributed by atoms with van der Waals surface area (Å²) in [5, 5.41) is 0. The van der Waals surface area contributed by atoms with Crippen LogP contribution < -0.4 is 0 Å². The minimum atomic E-state index is 0.0931. The van der Waals surface area contributed by atoms with Crippen molar-refractivity contribution in [2.24, 2.45) is 17.8 Å². The molecule has 1 heterocycles. The number of ether oxygens (including phenoxy) is 2. The second-order valence-electron chi connectivity index (χ2n) is 5.90. The molecule has 16 heavy (non-hydrogen) atoms. The lowest BCUT2D eigenvalue weighted by Gasteiger charge is -2.30. The van der Waals surface area contributed by atoms with Crippen LogP contribution in [0.3, 0.4) is 0 Å². The summed E-state index contributed by atoms with van der Waals surface area (Å²) in [6.45, 7) is 6.32. The van der Waals surface area contributed by atoms with Crippen molar-refractivity contribution in [1.82, 2.24) is 0 Å². The molecule has 0 bridgehead atoms. The first-order valence-electron chi connectivity index (χ1n) is 6.97. The molecular formula is C14H26O2. The van der Waals surface area contributed by atoms with Crippen LogP contribution in [0.25, 0.3) is 0 Å². The molecule has 0 spiro atoms. The lowest BCUT2D eigenvalue weighted by molar-refractivity contribution is -0.201. The van der Waals surface area contributed by atoms with Crippen molar-refractivity contribution >= 4 is 0 Å². The molecule has 2 nitrogen and oxygen atoms in total. The molecule has 2 aliphatic rings. The van der Waals surface area contributed by atoms with E-state index in [4.69, 9.17) is 9.47 Å². The molecule has 1 saturated heterocycles. The van der Waals surface area contributed by atoms with Gasteiger partial charge in [0.25, 0.3) is 0 Å². The van der Waals surface area contributed by atoms with Crippen molar-refractivity contribution in [1.29, 1.82) is 0 Å². The van der Waals surface area contributed by atoms with E-state index >= 15 is 0 Å². The van der Waals surface area contributed by atoms with E-state index in [0.29, 0.717) is 5.92 Å². The molecule has 2 heteroatoms. The molecule has 0 aromatic rings. The topological polar surface area (TPSA) is 18.5 Å². The SMILES string of the molecule is CC1CCC(CCC2OCC(C)CO2)CC1. The smallest absolute Gasteiger partial charge is 0.157 e. The highest BCUT2D eigenvalue weighted by atomic mass is 16.7. The van der Waals surface area contributed by atoms with Gasteiger partial charge < -0.3 is 9.47 Å². The van der Waals surface area contributed by atoms with Crippen molar-refractivity contribution in [3.8, 4) is 0 Å². The van der Waals surface area contributed by atoms with Crippen LogP contribution in [0.15, 0.2) is 0 Å². The highest BCUT2D eigenvalue weighted by Gasteiger charge is 2.22. The average Bonchev–Trinajstić information content (AvgIpc) is 2.30. The van der Waals surface area contributed by atoms with Gasteiger partial charge in [-0.15, -0.1) is 0 Å². The van der Waals surface area contributed by atoms with Crippen LogP contribution in [0.1, 0.15) is 52.4 Å². The fraction of sp³-hybridized carbons (Fsp3) is 1.00. The van der Waals surface area contributed by atoms with Gasteiger partial charge in [-0.2, -0.15) is 0 Å². The van der Waals surface area contributed by atoms with Crippen molar-refractivity contribution in [2.75, 3.05) is 13.2 Å². The molecular weight excluding hydrogens is 200 g/mol. The Morgan fingerprint density at radius 1 is 0.812 bits per heavy atom. The third-order valence-corrected chi connectivity index (χ3v) is 4.08. The summed E-state index contributed by atoms with van der Waals surface area (Å²) in [6.07, 6.45) is 8.18. The maximum absolute atomic E-state index is 5.68. The van der Waals surface area contributed by atoms with Crippen LogP contribution in [0.5, 0.6) is 0 Å². The molecule has 0 unspecified atom stereocenters. The number of hydrogen-bond acceptors (Lipinski definition) is 2. The van der Waals surface area contributed by atoms with Crippen molar-refractivity contribution in [2.45, 2.75) is 58.7 Å². The molecule has 2 fully saturated rings. The Labute approximate surface area is 99.7 Å². The van der Waals surface area contributed by atoms with Crippen LogP contribution in [-0.2, 0) is 9.47 Å². The predicted molar refractivity (Wildman–Crippen MR) is 65.2 cm³/mol. The predicted octanol–water partition coefficient (Wildman–Crippen LogP) is 3.60. The summed E-state index contributed by atoms with van der Waals surface area (Å²) < 4.78 is 11.4. The fourth-order valence-corrected chi connectivity index (χ4v) is 2.80. The first kappa shape index (κ1) is 12.4. The Kier molecular flexibility index (Phi) is 4.66. The summed E-state index contributed by atoms with van der Waals surface area (Å²) in [7, 11) is 0. The molecule has 0 radical (unpaired) electrons. The van der Waals surface area contributed by atoms with Crippen LogP contribution >= 0.6 is 0 Å². The molecule has 94 valence electrons. The monoisotopic (exact) mass is 226 g/mol. The second-order valence-corrected chi connectivity index (χ2v) is 5.90. The van der Waals surface area contributed by atoms with Crippen molar-refractivity contribution < 1.29 is 9.47 Å². The minimum Gasteiger partial charge on any atom is -0.352 e. The number of hydrogen-bond donors (Lipinski definition) is 0. The third-order valence-electron chi connectivity index (χ3n) is 4.08. The first-order chi connectivity index (χ1) is 7.74. The third kappa shape index (κ3) is 3.74. The van der Waals surface area contributed by atoms with Gasteiger partial charge in [-0.05, 0) is 24.7 Å². The lowest BCUT2D eigenvalue weighted by atomic mass is 9.81. The lowest BCUT2D eigenvalue weighted by Crippen LogP contribution is -2.31. The van der Waals surface area contributed by atoms with Gasteiger partial charge in [0.2, 0.25) is 0 Å². The zero-order valence-corrected chi connectivity index (χ0v) is 10.8. The van der Waals surface area contributed by atoms with Crippen molar-refractivity contribution in [3.05, 3.63) is 0 Å². The van der Waals surface area contributed by atoms with Gasteiger partial charge in [0.1, 0.15) is 0 Å². The van der Waals surface area contributed by atoms with Crippen LogP contribution in [0.2, 0.25) is 0 Å². The molecule has 1 aliphatic carbocycles. The molecule has 0 amide bonds. The van der Waals surface area contributed by atoms with Crippen molar-refractivity contribution in [3.63, 3.8) is 0 Å².